The first-order chi connectivity index (χ1) is 6.46. The van der Waals surface area contributed by atoms with Crippen LogP contribution in [0.3, 0.4) is 0 Å². The van der Waals surface area contributed by atoms with Crippen molar-refractivity contribution >= 4 is 5.97 Å². The van der Waals surface area contributed by atoms with Crippen LogP contribution in [0.4, 0.5) is 0 Å². The van der Waals surface area contributed by atoms with Gasteiger partial charge in [-0.3, -0.25) is 4.79 Å². The van der Waals surface area contributed by atoms with E-state index in [1.54, 1.807) is 0 Å². The number of carbonyl (C=O) groups excluding carboxylic acids is 1. The van der Waals surface area contributed by atoms with Crippen LogP contribution in [0.1, 0.15) is 33.6 Å². The van der Waals surface area contributed by atoms with E-state index in [0.717, 1.165) is 12.8 Å². The quantitative estimate of drug-likeness (QED) is 0.437. The van der Waals surface area contributed by atoms with Gasteiger partial charge in [0.2, 0.25) is 0 Å². The van der Waals surface area contributed by atoms with Gasteiger partial charge in [0.05, 0.1) is 12.5 Å². The summed E-state index contributed by atoms with van der Waals surface area (Å²) < 4.78 is 5.03. The van der Waals surface area contributed by atoms with Crippen LogP contribution in [0.2, 0.25) is 0 Å². The Balaban J connectivity index is 2.09. The summed E-state index contributed by atoms with van der Waals surface area (Å²) in [5, 5.41) is 0. The van der Waals surface area contributed by atoms with Crippen LogP contribution in [0, 0.1) is 17.3 Å². The maximum absolute atomic E-state index is 11.3. The molecular formula is C12H18O2. The molecule has 1 heterocycles. The number of rotatable bonds is 0. The molecule has 2 fully saturated rings. The number of carbonyl (C=O) groups is 1. The van der Waals surface area contributed by atoms with Gasteiger partial charge in [0.25, 0.3) is 0 Å². The highest BCUT2D eigenvalue weighted by Gasteiger charge is 2.42. The Morgan fingerprint density at radius 2 is 2.07 bits per heavy atom. The smallest absolute Gasteiger partial charge is 0.309 e. The largest absolute Gasteiger partial charge is 0.465 e. The molecule has 2 unspecified atom stereocenters. The number of hydrogen-bond acceptors (Lipinski definition) is 2. The SMILES string of the molecule is CC(C)(C)/C=C1\CC2COC(=O)C2C1. The Morgan fingerprint density at radius 3 is 2.64 bits per heavy atom. The maximum Gasteiger partial charge on any atom is 0.309 e. The lowest BCUT2D eigenvalue weighted by Gasteiger charge is -2.14. The van der Waals surface area contributed by atoms with Gasteiger partial charge in [-0.15, -0.1) is 0 Å². The van der Waals surface area contributed by atoms with Gasteiger partial charge in [0.1, 0.15) is 0 Å². The Hall–Kier alpha value is -0.790. The van der Waals surface area contributed by atoms with Gasteiger partial charge in [-0.1, -0.05) is 32.4 Å². The van der Waals surface area contributed by atoms with E-state index in [2.05, 4.69) is 26.8 Å². The van der Waals surface area contributed by atoms with Gasteiger partial charge in [0.15, 0.2) is 0 Å². The van der Waals surface area contributed by atoms with E-state index in [9.17, 15) is 4.79 Å². The minimum absolute atomic E-state index is 0.0207. The normalized spacial score (nSPS) is 34.8. The summed E-state index contributed by atoms with van der Waals surface area (Å²) >= 11 is 0. The van der Waals surface area contributed by atoms with E-state index >= 15 is 0 Å². The zero-order valence-corrected chi connectivity index (χ0v) is 9.17. The van der Waals surface area contributed by atoms with Crippen molar-refractivity contribution in [2.45, 2.75) is 33.6 Å². The summed E-state index contributed by atoms with van der Waals surface area (Å²) in [5.74, 6) is 0.659. The molecule has 0 bridgehead atoms. The van der Waals surface area contributed by atoms with Crippen molar-refractivity contribution in [3.8, 4) is 0 Å². The number of allylic oxidation sites excluding steroid dienone is 2. The van der Waals surface area contributed by atoms with Crippen molar-refractivity contribution in [1.29, 1.82) is 0 Å². The van der Waals surface area contributed by atoms with E-state index in [-0.39, 0.29) is 17.3 Å². The Bertz CT molecular complexity index is 283. The number of ether oxygens (including phenoxy) is 1. The average Bonchev–Trinajstić information content (AvgIpc) is 2.51. The minimum atomic E-state index is 0.0207. The van der Waals surface area contributed by atoms with Gasteiger partial charge in [-0.2, -0.15) is 0 Å². The van der Waals surface area contributed by atoms with Crippen LogP contribution >= 0.6 is 0 Å². The number of fused-ring (bicyclic) bond motifs is 1. The standard InChI is InChI=1S/C12H18O2/c1-12(2,3)6-8-4-9-7-14-11(13)10(9)5-8/h6,9-10H,4-5,7H2,1-3H3/b8-6+. The highest BCUT2D eigenvalue weighted by Crippen LogP contribution is 2.42. The molecule has 1 aliphatic heterocycles. The second-order valence-corrected chi connectivity index (χ2v) is 5.57. The molecule has 78 valence electrons. The van der Waals surface area contributed by atoms with E-state index in [4.69, 9.17) is 4.74 Å². The molecule has 2 heteroatoms. The molecule has 2 rings (SSSR count). The molecule has 0 aromatic heterocycles. The predicted molar refractivity (Wildman–Crippen MR) is 54.7 cm³/mol. The lowest BCUT2D eigenvalue weighted by molar-refractivity contribution is -0.141. The highest BCUT2D eigenvalue weighted by molar-refractivity contribution is 5.76. The van der Waals surface area contributed by atoms with Crippen molar-refractivity contribution < 1.29 is 9.53 Å². The van der Waals surface area contributed by atoms with E-state index < -0.39 is 0 Å². The number of cyclic esters (lactones) is 1. The third kappa shape index (κ3) is 1.84. The average molecular weight is 194 g/mol. The summed E-state index contributed by atoms with van der Waals surface area (Å²) in [5.41, 5.74) is 1.68. The van der Waals surface area contributed by atoms with Crippen LogP contribution in [0.15, 0.2) is 11.6 Å². The molecule has 0 aromatic rings. The van der Waals surface area contributed by atoms with Gasteiger partial charge in [0, 0.05) is 5.92 Å². The van der Waals surface area contributed by atoms with Crippen LogP contribution in [-0.2, 0) is 9.53 Å². The first-order valence-corrected chi connectivity index (χ1v) is 5.33. The predicted octanol–water partition coefficient (Wildman–Crippen LogP) is 2.54. The van der Waals surface area contributed by atoms with Gasteiger partial charge >= 0.3 is 5.97 Å². The van der Waals surface area contributed by atoms with Crippen LogP contribution in [0.25, 0.3) is 0 Å². The van der Waals surface area contributed by atoms with Crippen LogP contribution in [-0.4, -0.2) is 12.6 Å². The van der Waals surface area contributed by atoms with Gasteiger partial charge in [-0.25, -0.2) is 0 Å². The second-order valence-electron chi connectivity index (χ2n) is 5.57. The molecule has 0 amide bonds. The zero-order chi connectivity index (χ0) is 10.3. The Labute approximate surface area is 85.3 Å². The molecule has 14 heavy (non-hydrogen) atoms. The fourth-order valence-electron chi connectivity index (χ4n) is 2.49. The Kier molecular flexibility index (Phi) is 2.17. The van der Waals surface area contributed by atoms with Crippen molar-refractivity contribution in [2.24, 2.45) is 17.3 Å². The summed E-state index contributed by atoms with van der Waals surface area (Å²) in [6.07, 6.45) is 4.31. The molecular weight excluding hydrogens is 176 g/mol. The molecule has 0 spiro atoms. The highest BCUT2D eigenvalue weighted by atomic mass is 16.5. The van der Waals surface area contributed by atoms with Crippen LogP contribution in [0.5, 0.6) is 0 Å². The molecule has 2 nitrogen and oxygen atoms in total. The monoisotopic (exact) mass is 194 g/mol. The molecule has 2 atom stereocenters. The van der Waals surface area contributed by atoms with Gasteiger partial charge in [-0.05, 0) is 18.3 Å². The molecule has 0 N–H and O–H groups in total. The molecule has 0 radical (unpaired) electrons. The fourth-order valence-corrected chi connectivity index (χ4v) is 2.49. The molecule has 1 aliphatic carbocycles. The lowest BCUT2D eigenvalue weighted by Crippen LogP contribution is -2.08. The maximum atomic E-state index is 11.3. The third-order valence-electron chi connectivity index (χ3n) is 2.96. The zero-order valence-electron chi connectivity index (χ0n) is 9.17. The molecule has 1 saturated heterocycles. The summed E-state index contributed by atoms with van der Waals surface area (Å²) in [7, 11) is 0. The summed E-state index contributed by atoms with van der Waals surface area (Å²) in [4.78, 5) is 11.3. The van der Waals surface area contributed by atoms with Crippen molar-refractivity contribution in [1.82, 2.24) is 0 Å². The first kappa shape index (κ1) is 9.75. The molecule has 0 aromatic carbocycles. The van der Waals surface area contributed by atoms with Crippen molar-refractivity contribution in [3.63, 3.8) is 0 Å². The van der Waals surface area contributed by atoms with E-state index in [0.29, 0.717) is 12.5 Å². The molecule has 2 aliphatic rings. The summed E-state index contributed by atoms with van der Waals surface area (Å²) in [6.45, 7) is 7.25. The number of esters is 1. The number of hydrogen-bond donors (Lipinski definition) is 0. The Morgan fingerprint density at radius 1 is 1.36 bits per heavy atom. The van der Waals surface area contributed by atoms with Crippen molar-refractivity contribution in [2.75, 3.05) is 6.61 Å². The van der Waals surface area contributed by atoms with Crippen molar-refractivity contribution in [3.05, 3.63) is 11.6 Å². The topological polar surface area (TPSA) is 26.3 Å². The third-order valence-corrected chi connectivity index (χ3v) is 2.96. The van der Waals surface area contributed by atoms with E-state index in [1.807, 2.05) is 0 Å². The lowest BCUT2D eigenvalue weighted by atomic mass is 9.92. The van der Waals surface area contributed by atoms with Crippen LogP contribution < -0.4 is 0 Å². The van der Waals surface area contributed by atoms with Gasteiger partial charge < -0.3 is 4.74 Å². The summed E-state index contributed by atoms with van der Waals surface area (Å²) in [6, 6.07) is 0. The van der Waals surface area contributed by atoms with E-state index in [1.165, 1.54) is 5.57 Å². The minimum Gasteiger partial charge on any atom is -0.465 e. The fraction of sp³-hybridized carbons (Fsp3) is 0.750. The first-order valence-electron chi connectivity index (χ1n) is 5.33. The molecule has 1 saturated carbocycles. The second kappa shape index (κ2) is 3.11.